The maximum Gasteiger partial charge on any atom is 0.235 e. The molecule has 0 saturated heterocycles. The van der Waals surface area contributed by atoms with E-state index in [0.29, 0.717) is 0 Å². The summed E-state index contributed by atoms with van der Waals surface area (Å²) in [6, 6.07) is 0. The van der Waals surface area contributed by atoms with E-state index in [4.69, 9.17) is 0 Å². The van der Waals surface area contributed by atoms with Crippen LogP contribution in [0.4, 0.5) is 0 Å². The number of nitrogens with zero attached hydrogens (tertiary/aromatic N) is 3. The van der Waals surface area contributed by atoms with Gasteiger partial charge in [0, 0.05) is 24.9 Å². The van der Waals surface area contributed by atoms with Crippen molar-refractivity contribution in [3.05, 3.63) is 34.3 Å². The van der Waals surface area contributed by atoms with Gasteiger partial charge in [-0.2, -0.15) is 5.10 Å². The lowest BCUT2D eigenvalue weighted by Crippen LogP contribution is -1.84. The van der Waals surface area contributed by atoms with E-state index in [1.165, 1.54) is 6.08 Å². The quantitative estimate of drug-likeness (QED) is 0.463. The largest absolute Gasteiger partial charge is 0.275 e. The Morgan fingerprint density at radius 3 is 3.00 bits per heavy atom. The molecule has 0 bridgehead atoms. The molecule has 0 atom stereocenters. The fraction of sp³-hybridized carbons (Fsp3) is 0.167. The molecule has 0 aliphatic heterocycles. The molecule has 0 aromatic carbocycles. The summed E-state index contributed by atoms with van der Waals surface area (Å²) < 4.78 is 1.58. The molecule has 0 fully saturated rings. The van der Waals surface area contributed by atoms with Gasteiger partial charge in [-0.05, 0) is 0 Å². The van der Waals surface area contributed by atoms with E-state index in [1.54, 1.807) is 24.1 Å². The first-order chi connectivity index (χ1) is 5.18. The summed E-state index contributed by atoms with van der Waals surface area (Å²) in [5, 5.41) is 13.7. The molecule has 0 saturated carbocycles. The summed E-state index contributed by atoms with van der Waals surface area (Å²) in [6.07, 6.45) is 5.53. The van der Waals surface area contributed by atoms with Crippen LogP contribution in [0.15, 0.2) is 18.6 Å². The molecule has 0 radical (unpaired) electrons. The highest BCUT2D eigenvalue weighted by Crippen LogP contribution is 1.98. The van der Waals surface area contributed by atoms with Crippen LogP contribution in [0.25, 0.3) is 6.08 Å². The van der Waals surface area contributed by atoms with Crippen molar-refractivity contribution in [2.45, 2.75) is 0 Å². The van der Waals surface area contributed by atoms with E-state index in [-0.39, 0.29) is 0 Å². The smallest absolute Gasteiger partial charge is 0.235 e. The summed E-state index contributed by atoms with van der Waals surface area (Å²) >= 11 is 0. The molecule has 5 heteroatoms. The molecule has 11 heavy (non-hydrogen) atoms. The zero-order valence-electron chi connectivity index (χ0n) is 5.97. The van der Waals surface area contributed by atoms with Gasteiger partial charge in [-0.1, -0.05) is 0 Å². The van der Waals surface area contributed by atoms with Crippen molar-refractivity contribution in [1.29, 1.82) is 0 Å². The third-order valence-corrected chi connectivity index (χ3v) is 1.11. The standard InChI is InChI=1S/C6H7N3O2/c1-8-5-6(4-7-8)2-3-9(10)11/h2-5H,1H3/b3-2+. The molecule has 58 valence electrons. The number of aryl methyl sites for hydroxylation is 1. The third-order valence-electron chi connectivity index (χ3n) is 1.11. The van der Waals surface area contributed by atoms with Crippen molar-refractivity contribution in [2.24, 2.45) is 7.05 Å². The first-order valence-electron chi connectivity index (χ1n) is 2.99. The van der Waals surface area contributed by atoms with Gasteiger partial charge >= 0.3 is 0 Å². The molecule has 1 heterocycles. The van der Waals surface area contributed by atoms with Gasteiger partial charge in [0.1, 0.15) is 0 Å². The molecule has 0 N–H and O–H groups in total. The number of rotatable bonds is 2. The van der Waals surface area contributed by atoms with Crippen LogP contribution in [0.2, 0.25) is 0 Å². The zero-order chi connectivity index (χ0) is 8.27. The highest BCUT2D eigenvalue weighted by molar-refractivity contribution is 5.44. The van der Waals surface area contributed by atoms with E-state index in [1.807, 2.05) is 0 Å². The van der Waals surface area contributed by atoms with E-state index in [9.17, 15) is 10.1 Å². The normalized spacial score (nSPS) is 10.6. The maximum absolute atomic E-state index is 9.87. The molecular formula is C6H7N3O2. The van der Waals surface area contributed by atoms with Gasteiger partial charge in [-0.25, -0.2) is 0 Å². The molecular weight excluding hydrogens is 146 g/mol. The summed E-state index contributed by atoms with van der Waals surface area (Å²) in [5.41, 5.74) is 0.726. The van der Waals surface area contributed by atoms with Crippen molar-refractivity contribution in [3.8, 4) is 0 Å². The molecule has 0 unspecified atom stereocenters. The maximum atomic E-state index is 9.87. The second-order valence-corrected chi connectivity index (χ2v) is 2.05. The molecule has 1 rings (SSSR count). The second kappa shape index (κ2) is 2.96. The average Bonchev–Trinajstić information content (AvgIpc) is 2.31. The Kier molecular flexibility index (Phi) is 2.00. The van der Waals surface area contributed by atoms with Crippen LogP contribution >= 0.6 is 0 Å². The Morgan fingerprint density at radius 1 is 1.82 bits per heavy atom. The van der Waals surface area contributed by atoms with Crippen molar-refractivity contribution in [1.82, 2.24) is 9.78 Å². The zero-order valence-corrected chi connectivity index (χ0v) is 5.97. The highest BCUT2D eigenvalue weighted by atomic mass is 16.6. The van der Waals surface area contributed by atoms with Gasteiger partial charge in [0.25, 0.3) is 0 Å². The first-order valence-corrected chi connectivity index (χ1v) is 2.99. The minimum absolute atomic E-state index is 0.507. The molecule has 0 aliphatic rings. The Bertz CT molecular complexity index is 290. The van der Waals surface area contributed by atoms with Crippen LogP contribution in [-0.2, 0) is 7.05 Å². The number of hydrogen-bond donors (Lipinski definition) is 0. The predicted octanol–water partition coefficient (Wildman–Crippen LogP) is 0.667. The Hall–Kier alpha value is -1.65. The summed E-state index contributed by atoms with van der Waals surface area (Å²) in [6.45, 7) is 0. The molecule has 5 nitrogen and oxygen atoms in total. The highest BCUT2D eigenvalue weighted by Gasteiger charge is 1.91. The SMILES string of the molecule is Cn1cc(/C=C/[N+](=O)[O-])cn1. The van der Waals surface area contributed by atoms with Gasteiger partial charge < -0.3 is 0 Å². The van der Waals surface area contributed by atoms with Crippen LogP contribution in [-0.4, -0.2) is 14.7 Å². The van der Waals surface area contributed by atoms with Crippen molar-refractivity contribution < 1.29 is 4.92 Å². The van der Waals surface area contributed by atoms with Crippen molar-refractivity contribution in [2.75, 3.05) is 0 Å². The van der Waals surface area contributed by atoms with Crippen molar-refractivity contribution in [3.63, 3.8) is 0 Å². The van der Waals surface area contributed by atoms with Gasteiger partial charge in [-0.15, -0.1) is 0 Å². The van der Waals surface area contributed by atoms with Crippen LogP contribution in [0.5, 0.6) is 0 Å². The van der Waals surface area contributed by atoms with Crippen LogP contribution in [0.3, 0.4) is 0 Å². The number of hydrogen-bond acceptors (Lipinski definition) is 3. The summed E-state index contributed by atoms with van der Waals surface area (Å²) in [5.74, 6) is 0. The monoisotopic (exact) mass is 153 g/mol. The molecule has 0 aliphatic carbocycles. The third kappa shape index (κ3) is 2.21. The Labute approximate surface area is 63.1 Å². The minimum atomic E-state index is -0.507. The van der Waals surface area contributed by atoms with Crippen molar-refractivity contribution >= 4 is 6.08 Å². The fourth-order valence-corrected chi connectivity index (χ4v) is 0.673. The predicted molar refractivity (Wildman–Crippen MR) is 39.2 cm³/mol. The Morgan fingerprint density at radius 2 is 2.55 bits per heavy atom. The lowest BCUT2D eigenvalue weighted by molar-refractivity contribution is -0.400. The summed E-state index contributed by atoms with van der Waals surface area (Å²) in [7, 11) is 1.75. The lowest BCUT2D eigenvalue weighted by atomic mass is 10.4. The fourth-order valence-electron chi connectivity index (χ4n) is 0.673. The number of nitro groups is 1. The average molecular weight is 153 g/mol. The van der Waals surface area contributed by atoms with Crippen LogP contribution < -0.4 is 0 Å². The van der Waals surface area contributed by atoms with Crippen LogP contribution in [0.1, 0.15) is 5.56 Å². The van der Waals surface area contributed by atoms with E-state index in [2.05, 4.69) is 5.10 Å². The molecule has 1 aromatic heterocycles. The number of aromatic nitrogens is 2. The topological polar surface area (TPSA) is 61.0 Å². The first kappa shape index (κ1) is 7.46. The van der Waals surface area contributed by atoms with Gasteiger partial charge in [0.05, 0.1) is 11.1 Å². The second-order valence-electron chi connectivity index (χ2n) is 2.05. The molecule has 0 spiro atoms. The van der Waals surface area contributed by atoms with Gasteiger partial charge in [0.2, 0.25) is 6.20 Å². The summed E-state index contributed by atoms with van der Waals surface area (Å²) in [4.78, 5) is 9.36. The molecule has 0 amide bonds. The van der Waals surface area contributed by atoms with E-state index in [0.717, 1.165) is 11.8 Å². The Balaban J connectivity index is 2.71. The molecule has 1 aromatic rings. The van der Waals surface area contributed by atoms with Gasteiger partial charge in [0.15, 0.2) is 0 Å². The lowest BCUT2D eigenvalue weighted by Gasteiger charge is -1.80. The minimum Gasteiger partial charge on any atom is -0.275 e. The van der Waals surface area contributed by atoms with Gasteiger partial charge in [-0.3, -0.25) is 14.8 Å². The van der Waals surface area contributed by atoms with E-state index < -0.39 is 4.92 Å². The van der Waals surface area contributed by atoms with Crippen LogP contribution in [0, 0.1) is 10.1 Å². The van der Waals surface area contributed by atoms with E-state index >= 15 is 0 Å².